The van der Waals surface area contributed by atoms with E-state index in [9.17, 15) is 29.4 Å². The van der Waals surface area contributed by atoms with Crippen LogP contribution in [-0.2, 0) is 65.5 Å². The highest BCUT2D eigenvalue weighted by Crippen LogP contribution is 2.47. The van der Waals surface area contributed by atoms with Gasteiger partial charge in [0.1, 0.15) is 18.8 Å². The van der Waals surface area contributed by atoms with Gasteiger partial charge in [-0.25, -0.2) is 0 Å². The fourth-order valence-electron chi connectivity index (χ4n) is 7.15. The van der Waals surface area contributed by atoms with Gasteiger partial charge in [0.05, 0.1) is 30.4 Å². The molecule has 2 aliphatic heterocycles. The minimum Gasteiger partial charge on any atom is -0.463 e. The number of hydrogen-bond donors (Lipinski definition) is 3. The maximum Gasteiger partial charge on any atom is 0.303 e. The summed E-state index contributed by atoms with van der Waals surface area (Å²) in [6, 6.07) is 25.5. The first kappa shape index (κ1) is 45.7. The number of benzene rings is 3. The molecule has 59 heavy (non-hydrogen) atoms. The number of rotatable bonds is 17. The number of aliphatic hydroxyl groups excluding tert-OH is 2. The molecule has 5 rings (SSSR count). The van der Waals surface area contributed by atoms with E-state index >= 15 is 0 Å². The van der Waals surface area contributed by atoms with E-state index in [0.717, 1.165) is 34.7 Å². The van der Waals surface area contributed by atoms with Crippen molar-refractivity contribution in [1.82, 2.24) is 5.32 Å². The molecule has 0 saturated carbocycles. The van der Waals surface area contributed by atoms with Crippen molar-refractivity contribution in [3.05, 3.63) is 107 Å². The standard InChI is InChI=1S/C43H51NO13S2/c1-25(47)51-23-35-41(53-27(3)49)42(54-28(4)50)40(52-26(2)48)34(55-35)20-37(58)44-21-29-10-16-33(17-11-29)43-56-36(24-59-19-18-45)38(31-8-6-5-7-9-31)39(57-43)32-14-12-30(22-46)13-15-32/h5-17,34-36,38-43,45-46H,18-24H2,1-4H3,(H,44,58). The Morgan fingerprint density at radius 1 is 0.678 bits per heavy atom. The molecule has 2 saturated heterocycles. The molecule has 318 valence electrons. The zero-order valence-electron chi connectivity index (χ0n) is 33.4. The Bertz CT molecular complexity index is 1860. The molecule has 2 heterocycles. The summed E-state index contributed by atoms with van der Waals surface area (Å²) < 4.78 is 41.4. The second-order valence-corrected chi connectivity index (χ2v) is 15.8. The van der Waals surface area contributed by atoms with Crippen LogP contribution in [0, 0.1) is 0 Å². The fourth-order valence-corrected chi connectivity index (χ4v) is 8.20. The maximum absolute atomic E-state index is 12.2. The number of hydrogen-bond acceptors (Lipinski definition) is 15. The van der Waals surface area contributed by atoms with E-state index in [4.69, 9.17) is 45.4 Å². The van der Waals surface area contributed by atoms with Gasteiger partial charge in [0, 0.05) is 63.6 Å². The topological polar surface area (TPSA) is 185 Å². The first-order valence-corrected chi connectivity index (χ1v) is 20.8. The third-order valence-corrected chi connectivity index (χ3v) is 11.1. The van der Waals surface area contributed by atoms with E-state index in [1.165, 1.54) is 20.8 Å². The average molecular weight is 854 g/mol. The minimum absolute atomic E-state index is 0.00911. The lowest BCUT2D eigenvalue weighted by Crippen LogP contribution is -2.62. The van der Waals surface area contributed by atoms with Crippen molar-refractivity contribution in [2.45, 2.75) is 102 Å². The monoisotopic (exact) mass is 853 g/mol. The molecule has 3 aromatic carbocycles. The first-order chi connectivity index (χ1) is 28.4. The molecular weight excluding hydrogens is 803 g/mol. The predicted octanol–water partition coefficient (Wildman–Crippen LogP) is 4.78. The smallest absolute Gasteiger partial charge is 0.303 e. The van der Waals surface area contributed by atoms with Crippen LogP contribution in [0.1, 0.15) is 80.2 Å². The molecule has 9 unspecified atom stereocenters. The van der Waals surface area contributed by atoms with Crippen LogP contribution in [0.2, 0.25) is 0 Å². The quantitative estimate of drug-likeness (QED) is 0.0729. The molecule has 2 aliphatic rings. The van der Waals surface area contributed by atoms with Crippen molar-refractivity contribution in [2.75, 3.05) is 24.7 Å². The van der Waals surface area contributed by atoms with Crippen LogP contribution in [0.15, 0.2) is 78.9 Å². The van der Waals surface area contributed by atoms with Crippen molar-refractivity contribution in [2.24, 2.45) is 0 Å². The summed E-state index contributed by atoms with van der Waals surface area (Å²) in [6.07, 6.45) is -7.13. The molecule has 3 aromatic rings. The minimum atomic E-state index is -1.28. The number of carbonyl (C=O) groups is 4. The van der Waals surface area contributed by atoms with Gasteiger partial charge >= 0.3 is 23.9 Å². The first-order valence-electron chi connectivity index (χ1n) is 19.3. The average Bonchev–Trinajstić information content (AvgIpc) is 3.21. The van der Waals surface area contributed by atoms with Crippen molar-refractivity contribution in [1.29, 1.82) is 0 Å². The van der Waals surface area contributed by atoms with Gasteiger partial charge in [-0.05, 0) is 22.3 Å². The van der Waals surface area contributed by atoms with Crippen molar-refractivity contribution < 1.29 is 62.5 Å². The Morgan fingerprint density at radius 3 is 1.86 bits per heavy atom. The molecule has 0 bridgehead atoms. The van der Waals surface area contributed by atoms with Gasteiger partial charge in [-0.2, -0.15) is 11.8 Å². The number of ether oxygens (including phenoxy) is 7. The summed E-state index contributed by atoms with van der Waals surface area (Å²) in [5.41, 5.74) is 4.49. The third kappa shape index (κ3) is 13.0. The van der Waals surface area contributed by atoms with Gasteiger partial charge < -0.3 is 48.7 Å². The summed E-state index contributed by atoms with van der Waals surface area (Å²) in [5.74, 6) is -1.68. The zero-order chi connectivity index (χ0) is 42.5. The van der Waals surface area contributed by atoms with Gasteiger partial charge in [-0.15, -0.1) is 0 Å². The Labute approximate surface area is 353 Å². The van der Waals surface area contributed by atoms with Gasteiger partial charge in [0.25, 0.3) is 0 Å². The molecule has 0 amide bonds. The molecule has 0 aromatic heterocycles. The van der Waals surface area contributed by atoms with Crippen LogP contribution in [0.3, 0.4) is 0 Å². The van der Waals surface area contributed by atoms with Gasteiger partial charge in [0.2, 0.25) is 0 Å². The number of esters is 4. The molecular formula is C43H51NO13S2. The van der Waals surface area contributed by atoms with E-state index in [0.29, 0.717) is 23.0 Å². The normalized spacial score (nSPS) is 25.3. The fraction of sp³-hybridized carbons (Fsp3) is 0.465. The molecule has 14 nitrogen and oxygen atoms in total. The van der Waals surface area contributed by atoms with E-state index in [-0.39, 0.29) is 44.4 Å². The SMILES string of the molecule is CC(=O)OCC1OC(CC(=S)NCc2ccc(C3OC(CSCCO)C(c4ccccc4)C(c4ccc(CO)cc4)O3)cc2)C(OC(C)=O)C(OC(C)=O)C1OC(C)=O. The van der Waals surface area contributed by atoms with E-state index in [2.05, 4.69) is 17.4 Å². The lowest BCUT2D eigenvalue weighted by Gasteiger charge is -2.44. The summed E-state index contributed by atoms with van der Waals surface area (Å²) in [4.78, 5) is 48.6. The second-order valence-electron chi connectivity index (χ2n) is 14.2. The Hall–Kier alpha value is -4.42. The van der Waals surface area contributed by atoms with E-state index in [1.807, 2.05) is 66.7 Å². The lowest BCUT2D eigenvalue weighted by molar-refractivity contribution is -0.255. The van der Waals surface area contributed by atoms with Crippen LogP contribution in [0.4, 0.5) is 0 Å². The maximum atomic E-state index is 12.2. The van der Waals surface area contributed by atoms with E-state index in [1.54, 1.807) is 11.8 Å². The van der Waals surface area contributed by atoms with Crippen molar-refractivity contribution in [3.8, 4) is 0 Å². The number of carbonyl (C=O) groups excluding carboxylic acids is 4. The Morgan fingerprint density at radius 2 is 1.27 bits per heavy atom. The third-order valence-electron chi connectivity index (χ3n) is 9.70. The summed E-state index contributed by atoms with van der Waals surface area (Å²) in [6.45, 7) is 4.69. The predicted molar refractivity (Wildman–Crippen MR) is 220 cm³/mol. The molecule has 2 fully saturated rings. The number of aliphatic hydroxyl groups is 2. The highest BCUT2D eigenvalue weighted by Gasteiger charge is 2.52. The van der Waals surface area contributed by atoms with Crippen molar-refractivity contribution in [3.63, 3.8) is 0 Å². The lowest BCUT2D eigenvalue weighted by atomic mass is 9.84. The van der Waals surface area contributed by atoms with Crippen molar-refractivity contribution >= 4 is 52.8 Å². The largest absolute Gasteiger partial charge is 0.463 e. The Balaban J connectivity index is 1.32. The van der Waals surface area contributed by atoms with Crippen LogP contribution < -0.4 is 5.32 Å². The molecule has 0 spiro atoms. The summed E-state index contributed by atoms with van der Waals surface area (Å²) >= 11 is 7.32. The summed E-state index contributed by atoms with van der Waals surface area (Å²) in [5, 5.41) is 22.4. The highest BCUT2D eigenvalue weighted by atomic mass is 32.2. The molecule has 0 radical (unpaired) electrons. The van der Waals surface area contributed by atoms with Crippen LogP contribution >= 0.6 is 24.0 Å². The van der Waals surface area contributed by atoms with Crippen LogP contribution in [0.5, 0.6) is 0 Å². The van der Waals surface area contributed by atoms with Gasteiger partial charge in [-0.1, -0.05) is 91.1 Å². The molecule has 3 N–H and O–H groups in total. The van der Waals surface area contributed by atoms with Crippen LogP contribution in [0.25, 0.3) is 0 Å². The number of thiocarbonyl (C=S) groups is 1. The molecule has 0 aliphatic carbocycles. The summed E-state index contributed by atoms with van der Waals surface area (Å²) in [7, 11) is 0. The second kappa shape index (κ2) is 22.3. The zero-order valence-corrected chi connectivity index (χ0v) is 35.0. The van der Waals surface area contributed by atoms with Crippen LogP contribution in [-0.4, -0.2) is 100 Å². The highest BCUT2D eigenvalue weighted by molar-refractivity contribution is 7.99. The number of nitrogens with one attached hydrogen (secondary N) is 1. The molecule has 9 atom stereocenters. The van der Waals surface area contributed by atoms with Gasteiger partial charge in [0.15, 0.2) is 24.6 Å². The number of thioether (sulfide) groups is 1. The Kier molecular flexibility index (Phi) is 17.2. The van der Waals surface area contributed by atoms with E-state index < -0.39 is 60.7 Å². The van der Waals surface area contributed by atoms with Gasteiger partial charge in [-0.3, -0.25) is 19.2 Å². The molecule has 16 heteroatoms.